The highest BCUT2D eigenvalue weighted by Crippen LogP contribution is 2.23. The third kappa shape index (κ3) is 1.47. The van der Waals surface area contributed by atoms with Gasteiger partial charge < -0.3 is 9.15 Å². The summed E-state index contributed by atoms with van der Waals surface area (Å²) in [5, 5.41) is 9.27. The molecule has 0 unspecified atom stereocenters. The molecule has 64 valence electrons. The Hall–Kier alpha value is -1.95. The Labute approximate surface area is 75.1 Å². The molecule has 0 spiro atoms. The second-order valence-corrected chi connectivity index (χ2v) is 2.55. The van der Waals surface area contributed by atoms with Crippen molar-refractivity contribution in [2.45, 2.75) is 0 Å². The molecule has 1 heterocycles. The van der Waals surface area contributed by atoms with Crippen LogP contribution < -0.4 is 4.74 Å². The van der Waals surface area contributed by atoms with E-state index >= 15 is 0 Å². The van der Waals surface area contributed by atoms with Crippen molar-refractivity contribution in [3.05, 3.63) is 30.3 Å². The second-order valence-electron chi connectivity index (χ2n) is 2.55. The van der Waals surface area contributed by atoms with Gasteiger partial charge in [0.2, 0.25) is 0 Å². The van der Waals surface area contributed by atoms with Gasteiger partial charge in [0.1, 0.15) is 11.7 Å². The van der Waals surface area contributed by atoms with Gasteiger partial charge in [-0.25, -0.2) is 0 Å². The minimum absolute atomic E-state index is 0.0137. The molecule has 3 nitrogen and oxygen atoms in total. The van der Waals surface area contributed by atoms with Gasteiger partial charge >= 0.3 is 0 Å². The zero-order chi connectivity index (χ0) is 9.10. The van der Waals surface area contributed by atoms with Crippen molar-refractivity contribution in [1.29, 1.82) is 5.26 Å². The third-order valence-electron chi connectivity index (χ3n) is 1.68. The number of hydrogen-bond donors (Lipinski definition) is 0. The van der Waals surface area contributed by atoms with Gasteiger partial charge in [-0.3, -0.25) is 0 Å². The van der Waals surface area contributed by atoms with Crippen LogP contribution in [0.1, 0.15) is 0 Å². The molecule has 1 aromatic heterocycles. The molecule has 0 aliphatic rings. The van der Waals surface area contributed by atoms with Gasteiger partial charge in [0, 0.05) is 11.5 Å². The topological polar surface area (TPSA) is 46.2 Å². The van der Waals surface area contributed by atoms with Crippen LogP contribution in [0.25, 0.3) is 11.0 Å². The largest absolute Gasteiger partial charge is 0.450 e. The van der Waals surface area contributed by atoms with E-state index in [9.17, 15) is 0 Å². The lowest BCUT2D eigenvalue weighted by Crippen LogP contribution is -1.90. The molecule has 0 fully saturated rings. The molecule has 13 heavy (non-hydrogen) atoms. The van der Waals surface area contributed by atoms with Crippen LogP contribution in [-0.4, -0.2) is 6.61 Å². The molecule has 0 aliphatic heterocycles. The molecule has 1 aromatic carbocycles. The molecule has 0 saturated heterocycles. The van der Waals surface area contributed by atoms with E-state index in [1.54, 1.807) is 6.07 Å². The molecule has 0 aliphatic carbocycles. The molecule has 0 saturated carbocycles. The summed E-state index contributed by atoms with van der Waals surface area (Å²) in [5.74, 6) is 0.391. The fourth-order valence-corrected chi connectivity index (χ4v) is 1.13. The third-order valence-corrected chi connectivity index (χ3v) is 1.68. The second kappa shape index (κ2) is 3.20. The quantitative estimate of drug-likeness (QED) is 0.700. The monoisotopic (exact) mass is 173 g/mol. The zero-order valence-corrected chi connectivity index (χ0v) is 6.86. The van der Waals surface area contributed by atoms with Crippen molar-refractivity contribution in [1.82, 2.24) is 0 Å². The number of nitriles is 1. The number of furan rings is 1. The van der Waals surface area contributed by atoms with Crippen molar-refractivity contribution in [3.63, 3.8) is 0 Å². The van der Waals surface area contributed by atoms with Crippen LogP contribution in [-0.2, 0) is 0 Å². The zero-order valence-electron chi connectivity index (χ0n) is 6.86. The molecule has 0 amide bonds. The minimum Gasteiger partial charge on any atom is -0.450 e. The van der Waals surface area contributed by atoms with Crippen molar-refractivity contribution in [2.75, 3.05) is 6.61 Å². The van der Waals surface area contributed by atoms with Gasteiger partial charge in [0.05, 0.1) is 0 Å². The van der Waals surface area contributed by atoms with Crippen molar-refractivity contribution < 1.29 is 9.15 Å². The number of ether oxygens (including phenoxy) is 1. The number of benzene rings is 1. The van der Waals surface area contributed by atoms with Crippen molar-refractivity contribution in [3.8, 4) is 12.0 Å². The van der Waals surface area contributed by atoms with E-state index < -0.39 is 0 Å². The first-order valence-corrected chi connectivity index (χ1v) is 3.88. The highest BCUT2D eigenvalue weighted by atomic mass is 16.6. The Morgan fingerprint density at radius 3 is 3.00 bits per heavy atom. The van der Waals surface area contributed by atoms with Gasteiger partial charge in [-0.2, -0.15) is 5.26 Å². The van der Waals surface area contributed by atoms with Crippen molar-refractivity contribution in [2.24, 2.45) is 0 Å². The maximum absolute atomic E-state index is 8.29. The van der Waals surface area contributed by atoms with Crippen LogP contribution in [0, 0.1) is 11.3 Å². The molecule has 2 aromatic rings. The summed E-state index contributed by atoms with van der Waals surface area (Å²) in [6.45, 7) is 0.0137. The lowest BCUT2D eigenvalue weighted by molar-refractivity contribution is 0.284. The Kier molecular flexibility index (Phi) is 1.89. The van der Waals surface area contributed by atoms with Crippen LogP contribution in [0.5, 0.6) is 5.95 Å². The number of hydrogen-bond acceptors (Lipinski definition) is 3. The highest BCUT2D eigenvalue weighted by molar-refractivity contribution is 5.78. The summed E-state index contributed by atoms with van der Waals surface area (Å²) in [6, 6.07) is 11.2. The summed E-state index contributed by atoms with van der Waals surface area (Å²) in [4.78, 5) is 0. The summed E-state index contributed by atoms with van der Waals surface area (Å²) >= 11 is 0. The number of nitrogens with zero attached hydrogens (tertiary/aromatic N) is 1. The van der Waals surface area contributed by atoms with Gasteiger partial charge in [0.25, 0.3) is 5.95 Å². The molecule has 0 atom stereocenters. The molecular formula is C10H7NO2. The number of rotatable bonds is 2. The Morgan fingerprint density at radius 2 is 2.23 bits per heavy atom. The number of para-hydroxylation sites is 1. The summed E-state index contributed by atoms with van der Waals surface area (Å²) in [6.07, 6.45) is 0. The van der Waals surface area contributed by atoms with Crippen LogP contribution in [0.3, 0.4) is 0 Å². The molecule has 2 rings (SSSR count). The van der Waals surface area contributed by atoms with E-state index in [1.165, 1.54) is 0 Å². The molecule has 0 radical (unpaired) electrons. The van der Waals surface area contributed by atoms with Crippen LogP contribution >= 0.6 is 0 Å². The molecular weight excluding hydrogens is 166 g/mol. The summed E-state index contributed by atoms with van der Waals surface area (Å²) in [7, 11) is 0. The Balaban J connectivity index is 2.34. The van der Waals surface area contributed by atoms with Crippen LogP contribution in [0.2, 0.25) is 0 Å². The van der Waals surface area contributed by atoms with Gasteiger partial charge in [-0.1, -0.05) is 18.2 Å². The lowest BCUT2D eigenvalue weighted by Gasteiger charge is -1.91. The number of fused-ring (bicyclic) bond motifs is 1. The lowest BCUT2D eigenvalue weighted by atomic mass is 10.3. The van der Waals surface area contributed by atoms with Gasteiger partial charge in [-0.05, 0) is 6.07 Å². The van der Waals surface area contributed by atoms with E-state index in [4.69, 9.17) is 14.4 Å². The predicted molar refractivity (Wildman–Crippen MR) is 47.3 cm³/mol. The van der Waals surface area contributed by atoms with E-state index in [0.717, 1.165) is 11.0 Å². The summed E-state index contributed by atoms with van der Waals surface area (Å²) in [5.41, 5.74) is 0.774. The standard InChI is InChI=1S/C10H7NO2/c11-5-6-12-10-7-8-3-1-2-4-9(8)13-10/h1-4,7H,6H2. The highest BCUT2D eigenvalue weighted by Gasteiger charge is 2.02. The fraction of sp³-hybridized carbons (Fsp3) is 0.100. The smallest absolute Gasteiger partial charge is 0.286 e. The first kappa shape index (κ1) is 7.69. The van der Waals surface area contributed by atoms with E-state index in [1.807, 2.05) is 30.3 Å². The molecule has 3 heteroatoms. The maximum Gasteiger partial charge on any atom is 0.286 e. The molecule has 0 N–H and O–H groups in total. The molecule has 0 bridgehead atoms. The first-order chi connectivity index (χ1) is 6.40. The normalized spacial score (nSPS) is 9.77. The fourth-order valence-electron chi connectivity index (χ4n) is 1.13. The van der Waals surface area contributed by atoms with Crippen LogP contribution in [0.15, 0.2) is 34.7 Å². The maximum atomic E-state index is 8.29. The predicted octanol–water partition coefficient (Wildman–Crippen LogP) is 2.34. The van der Waals surface area contributed by atoms with E-state index in [-0.39, 0.29) is 6.61 Å². The summed E-state index contributed by atoms with van der Waals surface area (Å²) < 4.78 is 10.3. The van der Waals surface area contributed by atoms with Gasteiger partial charge in [0.15, 0.2) is 6.61 Å². The van der Waals surface area contributed by atoms with Crippen molar-refractivity contribution >= 4 is 11.0 Å². The Morgan fingerprint density at radius 1 is 1.38 bits per heavy atom. The first-order valence-electron chi connectivity index (χ1n) is 3.88. The Bertz CT molecular complexity index is 420. The van der Waals surface area contributed by atoms with E-state index in [0.29, 0.717) is 5.95 Å². The SMILES string of the molecule is N#CCOc1cc2ccccc2o1. The van der Waals surface area contributed by atoms with E-state index in [2.05, 4.69) is 0 Å². The van der Waals surface area contributed by atoms with Crippen LogP contribution in [0.4, 0.5) is 0 Å². The minimum atomic E-state index is 0.0137. The average Bonchev–Trinajstić information content (AvgIpc) is 2.57. The van der Waals surface area contributed by atoms with Gasteiger partial charge in [-0.15, -0.1) is 0 Å². The average molecular weight is 173 g/mol.